The Morgan fingerprint density at radius 3 is 2.39 bits per heavy atom. The molecule has 0 aliphatic carbocycles. The molecule has 0 bridgehead atoms. The summed E-state index contributed by atoms with van der Waals surface area (Å²) in [6.07, 6.45) is 1.28. The van der Waals surface area contributed by atoms with Crippen LogP contribution in [0.2, 0.25) is 10.0 Å². The second-order valence-corrected chi connectivity index (χ2v) is 10.1. The molecular weight excluding hydrogens is 525 g/mol. The monoisotopic (exact) mass is 557 g/mol. The zero-order valence-corrected chi connectivity index (χ0v) is 23.4. The first-order valence-electron chi connectivity index (χ1n) is 12.7. The predicted molar refractivity (Wildman–Crippen MR) is 149 cm³/mol. The summed E-state index contributed by atoms with van der Waals surface area (Å²) in [5, 5.41) is 1.25. The standard InChI is InChI=1S/C30H33Cl2NO5/c1-4-6-25(18-37-17-20-9-14-26(35-2)27(15-20)36-3)33-28(34)19-38-30(22-7-5-8-24(32)16-22)29(33)21-10-12-23(31)13-11-21/h5,7-16,25,29-30H,4,6,17-19H2,1-3H3/t25-,29?,30?/m0/s1. The topological polar surface area (TPSA) is 57.2 Å². The number of rotatable bonds is 11. The molecule has 1 aliphatic heterocycles. The van der Waals surface area contributed by atoms with E-state index in [1.54, 1.807) is 14.2 Å². The van der Waals surface area contributed by atoms with Gasteiger partial charge >= 0.3 is 0 Å². The molecule has 38 heavy (non-hydrogen) atoms. The van der Waals surface area contributed by atoms with E-state index in [2.05, 4.69) is 6.92 Å². The Hall–Kier alpha value is -2.77. The van der Waals surface area contributed by atoms with E-state index in [4.69, 9.17) is 42.1 Å². The van der Waals surface area contributed by atoms with Crippen LogP contribution in [0.5, 0.6) is 11.5 Å². The second kappa shape index (κ2) is 13.3. The number of hydrogen-bond acceptors (Lipinski definition) is 5. The molecule has 3 aromatic rings. The number of halogens is 2. The van der Waals surface area contributed by atoms with Crippen LogP contribution in [-0.2, 0) is 20.9 Å². The number of ether oxygens (including phenoxy) is 4. The second-order valence-electron chi connectivity index (χ2n) is 9.23. The first-order chi connectivity index (χ1) is 18.4. The maximum atomic E-state index is 13.5. The average molecular weight is 559 g/mol. The molecule has 1 saturated heterocycles. The molecule has 1 aliphatic rings. The van der Waals surface area contributed by atoms with Crippen molar-refractivity contribution in [1.29, 1.82) is 0 Å². The summed E-state index contributed by atoms with van der Waals surface area (Å²) >= 11 is 12.5. The van der Waals surface area contributed by atoms with Crippen molar-refractivity contribution >= 4 is 29.1 Å². The van der Waals surface area contributed by atoms with E-state index in [0.717, 1.165) is 29.5 Å². The minimum atomic E-state index is -0.391. The molecule has 3 atom stereocenters. The molecule has 0 spiro atoms. The number of carbonyl (C=O) groups excluding carboxylic acids is 1. The van der Waals surface area contributed by atoms with Crippen LogP contribution in [-0.4, -0.2) is 44.3 Å². The SMILES string of the molecule is CCC[C@@H](COCc1ccc(OC)c(OC)c1)N1C(=O)COC(c2cccc(Cl)c2)C1c1ccc(Cl)cc1. The van der Waals surface area contributed by atoms with Crippen molar-refractivity contribution in [2.45, 2.75) is 44.6 Å². The van der Waals surface area contributed by atoms with Crippen molar-refractivity contribution in [3.63, 3.8) is 0 Å². The third kappa shape index (κ3) is 6.62. The number of carbonyl (C=O) groups is 1. The summed E-state index contributed by atoms with van der Waals surface area (Å²) in [5.41, 5.74) is 2.81. The van der Waals surface area contributed by atoms with Gasteiger partial charge in [0.25, 0.3) is 0 Å². The van der Waals surface area contributed by atoms with Gasteiger partial charge in [-0.25, -0.2) is 0 Å². The van der Waals surface area contributed by atoms with E-state index in [1.807, 2.05) is 71.6 Å². The van der Waals surface area contributed by atoms with Gasteiger partial charge in [-0.2, -0.15) is 0 Å². The van der Waals surface area contributed by atoms with E-state index in [-0.39, 0.29) is 24.6 Å². The van der Waals surface area contributed by atoms with Crippen LogP contribution in [0.3, 0.4) is 0 Å². The van der Waals surface area contributed by atoms with Gasteiger partial charge in [-0.15, -0.1) is 0 Å². The van der Waals surface area contributed by atoms with Crippen LogP contribution >= 0.6 is 23.2 Å². The van der Waals surface area contributed by atoms with Crippen molar-refractivity contribution in [2.24, 2.45) is 0 Å². The van der Waals surface area contributed by atoms with Gasteiger partial charge in [0.05, 0.1) is 39.5 Å². The van der Waals surface area contributed by atoms with E-state index in [9.17, 15) is 4.79 Å². The number of nitrogens with zero attached hydrogens (tertiary/aromatic N) is 1. The maximum Gasteiger partial charge on any atom is 0.249 e. The molecule has 6 nitrogen and oxygen atoms in total. The van der Waals surface area contributed by atoms with Crippen LogP contribution in [0, 0.1) is 0 Å². The lowest BCUT2D eigenvalue weighted by atomic mass is 9.91. The van der Waals surface area contributed by atoms with Gasteiger partial charge in [0.2, 0.25) is 5.91 Å². The Balaban J connectivity index is 1.62. The lowest BCUT2D eigenvalue weighted by molar-refractivity contribution is -0.166. The highest BCUT2D eigenvalue weighted by atomic mass is 35.5. The van der Waals surface area contributed by atoms with Crippen molar-refractivity contribution in [2.75, 3.05) is 27.4 Å². The third-order valence-electron chi connectivity index (χ3n) is 6.69. The molecule has 3 aromatic carbocycles. The number of amides is 1. The zero-order valence-electron chi connectivity index (χ0n) is 21.9. The van der Waals surface area contributed by atoms with Gasteiger partial charge in [-0.1, -0.05) is 66.9 Å². The van der Waals surface area contributed by atoms with Gasteiger partial charge < -0.3 is 23.8 Å². The Morgan fingerprint density at radius 1 is 0.947 bits per heavy atom. The fourth-order valence-electron chi connectivity index (χ4n) is 4.94. The van der Waals surface area contributed by atoms with Gasteiger partial charge in [0.15, 0.2) is 11.5 Å². The van der Waals surface area contributed by atoms with Crippen molar-refractivity contribution in [3.8, 4) is 11.5 Å². The molecule has 0 radical (unpaired) electrons. The minimum Gasteiger partial charge on any atom is -0.493 e. The van der Waals surface area contributed by atoms with Crippen molar-refractivity contribution in [3.05, 3.63) is 93.5 Å². The minimum absolute atomic E-state index is 0.0167. The molecule has 8 heteroatoms. The van der Waals surface area contributed by atoms with Crippen LogP contribution in [0.1, 0.15) is 48.6 Å². The first-order valence-corrected chi connectivity index (χ1v) is 13.4. The number of hydrogen-bond donors (Lipinski definition) is 0. The van der Waals surface area contributed by atoms with Crippen molar-refractivity contribution in [1.82, 2.24) is 4.90 Å². The van der Waals surface area contributed by atoms with Gasteiger partial charge in [0, 0.05) is 10.0 Å². The molecule has 0 saturated carbocycles. The highest BCUT2D eigenvalue weighted by molar-refractivity contribution is 6.30. The summed E-state index contributed by atoms with van der Waals surface area (Å²) in [7, 11) is 3.22. The maximum absolute atomic E-state index is 13.5. The third-order valence-corrected chi connectivity index (χ3v) is 7.18. The Morgan fingerprint density at radius 2 is 1.71 bits per heavy atom. The molecule has 1 heterocycles. The molecule has 0 aromatic heterocycles. The fraction of sp³-hybridized carbons (Fsp3) is 0.367. The van der Waals surface area contributed by atoms with E-state index < -0.39 is 6.10 Å². The highest BCUT2D eigenvalue weighted by Crippen LogP contribution is 2.42. The fourth-order valence-corrected chi connectivity index (χ4v) is 5.26. The van der Waals surface area contributed by atoms with Gasteiger partial charge in [0.1, 0.15) is 12.7 Å². The number of benzene rings is 3. The van der Waals surface area contributed by atoms with E-state index in [1.165, 1.54) is 0 Å². The Labute approximate surface area is 234 Å². The van der Waals surface area contributed by atoms with E-state index >= 15 is 0 Å². The number of morpholine rings is 1. The quantitative estimate of drug-likeness (QED) is 0.253. The highest BCUT2D eigenvalue weighted by Gasteiger charge is 2.42. The molecule has 1 fully saturated rings. The zero-order chi connectivity index (χ0) is 27.1. The Bertz CT molecular complexity index is 1220. The molecule has 202 valence electrons. The van der Waals surface area contributed by atoms with E-state index in [0.29, 0.717) is 34.8 Å². The first kappa shape index (κ1) is 28.2. The average Bonchev–Trinajstić information content (AvgIpc) is 2.93. The Kier molecular flexibility index (Phi) is 9.91. The van der Waals surface area contributed by atoms with Crippen molar-refractivity contribution < 1.29 is 23.7 Å². The summed E-state index contributed by atoms with van der Waals surface area (Å²) in [6.45, 7) is 2.85. The number of methoxy groups -OCH3 is 2. The van der Waals surface area contributed by atoms with Gasteiger partial charge in [-0.05, 0) is 59.5 Å². The summed E-state index contributed by atoms with van der Waals surface area (Å²) < 4.78 is 23.1. The summed E-state index contributed by atoms with van der Waals surface area (Å²) in [5.74, 6) is 1.24. The smallest absolute Gasteiger partial charge is 0.249 e. The summed E-state index contributed by atoms with van der Waals surface area (Å²) in [4.78, 5) is 15.4. The summed E-state index contributed by atoms with van der Waals surface area (Å²) in [6, 6.07) is 20.4. The van der Waals surface area contributed by atoms with Crippen LogP contribution in [0.25, 0.3) is 0 Å². The lowest BCUT2D eigenvalue weighted by Gasteiger charge is -2.45. The normalized spacial score (nSPS) is 18.3. The largest absolute Gasteiger partial charge is 0.493 e. The molecular formula is C30H33Cl2NO5. The van der Waals surface area contributed by atoms with Crippen LogP contribution in [0.4, 0.5) is 0 Å². The predicted octanol–water partition coefficient (Wildman–Crippen LogP) is 7.04. The molecule has 0 N–H and O–H groups in total. The van der Waals surface area contributed by atoms with Crippen LogP contribution < -0.4 is 9.47 Å². The lowest BCUT2D eigenvalue weighted by Crippen LogP contribution is -2.52. The molecule has 1 amide bonds. The van der Waals surface area contributed by atoms with Gasteiger partial charge in [-0.3, -0.25) is 4.79 Å². The molecule has 4 rings (SSSR count). The molecule has 2 unspecified atom stereocenters. The van der Waals surface area contributed by atoms with Crippen LogP contribution in [0.15, 0.2) is 66.7 Å².